The van der Waals surface area contributed by atoms with Crippen molar-refractivity contribution in [2.24, 2.45) is 5.92 Å². The quantitative estimate of drug-likeness (QED) is 0.661. The number of para-hydroxylation sites is 1. The van der Waals surface area contributed by atoms with Crippen LogP contribution in [0.5, 0.6) is 0 Å². The van der Waals surface area contributed by atoms with Gasteiger partial charge in [0.2, 0.25) is 5.91 Å². The van der Waals surface area contributed by atoms with Gasteiger partial charge in [0.1, 0.15) is 0 Å². The predicted octanol–water partition coefficient (Wildman–Crippen LogP) is 2.80. The van der Waals surface area contributed by atoms with Gasteiger partial charge in [-0.3, -0.25) is 14.6 Å². The summed E-state index contributed by atoms with van der Waals surface area (Å²) in [6.45, 7) is 4.41. The van der Waals surface area contributed by atoms with Gasteiger partial charge in [-0.1, -0.05) is 32.0 Å². The van der Waals surface area contributed by atoms with Gasteiger partial charge in [0.15, 0.2) is 0 Å². The maximum Gasteiger partial charge on any atom is 0.252 e. The minimum absolute atomic E-state index is 0.0301. The number of rotatable bonds is 6. The molecule has 0 saturated heterocycles. The fourth-order valence-electron chi connectivity index (χ4n) is 2.69. The number of benzene rings is 1. The third-order valence-corrected chi connectivity index (χ3v) is 4.15. The van der Waals surface area contributed by atoms with E-state index in [0.717, 1.165) is 16.5 Å². The van der Waals surface area contributed by atoms with E-state index < -0.39 is 0 Å². The van der Waals surface area contributed by atoms with E-state index >= 15 is 0 Å². The first-order valence-electron chi connectivity index (χ1n) is 8.92. The smallest absolute Gasteiger partial charge is 0.252 e. The summed E-state index contributed by atoms with van der Waals surface area (Å²) in [4.78, 5) is 33.1. The molecule has 0 saturated carbocycles. The molecule has 3 aromatic rings. The second-order valence-electron chi connectivity index (χ2n) is 6.52. The average molecular weight is 362 g/mol. The molecule has 27 heavy (non-hydrogen) atoms. The molecule has 3 rings (SSSR count). The van der Waals surface area contributed by atoms with E-state index in [9.17, 15) is 9.59 Å². The van der Waals surface area contributed by atoms with Gasteiger partial charge in [0.25, 0.3) is 5.91 Å². The van der Waals surface area contributed by atoms with Crippen LogP contribution in [-0.2, 0) is 4.79 Å². The van der Waals surface area contributed by atoms with Gasteiger partial charge < -0.3 is 10.6 Å². The molecule has 0 atom stereocenters. The Kier molecular flexibility index (Phi) is 5.76. The van der Waals surface area contributed by atoms with Crippen LogP contribution >= 0.6 is 0 Å². The lowest BCUT2D eigenvalue weighted by atomic mass is 10.0. The minimum atomic E-state index is -0.197. The normalized spacial score (nSPS) is 10.8. The van der Waals surface area contributed by atoms with Crippen molar-refractivity contribution in [2.75, 3.05) is 13.1 Å². The highest BCUT2D eigenvalue weighted by Gasteiger charge is 2.14. The number of carbonyl (C=O) groups excluding carboxylic acids is 2. The second kappa shape index (κ2) is 8.40. The summed E-state index contributed by atoms with van der Waals surface area (Å²) in [5.74, 6) is -0.304. The minimum Gasteiger partial charge on any atom is -0.354 e. The molecule has 1 aromatic carbocycles. The number of aromatic nitrogens is 2. The van der Waals surface area contributed by atoms with Gasteiger partial charge in [-0.25, -0.2) is 4.98 Å². The van der Waals surface area contributed by atoms with Crippen LogP contribution in [0.2, 0.25) is 0 Å². The molecule has 0 fully saturated rings. The maximum absolute atomic E-state index is 12.8. The van der Waals surface area contributed by atoms with E-state index in [1.165, 1.54) is 0 Å². The number of nitrogens with zero attached hydrogens (tertiary/aromatic N) is 2. The number of carbonyl (C=O) groups is 2. The molecule has 2 amide bonds. The van der Waals surface area contributed by atoms with E-state index in [1.54, 1.807) is 18.5 Å². The number of nitrogens with one attached hydrogen (secondary N) is 2. The summed E-state index contributed by atoms with van der Waals surface area (Å²) in [7, 11) is 0. The zero-order valence-corrected chi connectivity index (χ0v) is 15.4. The van der Waals surface area contributed by atoms with Gasteiger partial charge in [-0.15, -0.1) is 0 Å². The number of hydrogen-bond donors (Lipinski definition) is 2. The molecule has 6 nitrogen and oxygen atoms in total. The van der Waals surface area contributed by atoms with Crippen molar-refractivity contribution in [3.63, 3.8) is 0 Å². The Morgan fingerprint density at radius 2 is 1.81 bits per heavy atom. The lowest BCUT2D eigenvalue weighted by molar-refractivity contribution is -0.123. The van der Waals surface area contributed by atoms with Gasteiger partial charge in [-0.2, -0.15) is 0 Å². The summed E-state index contributed by atoms with van der Waals surface area (Å²) >= 11 is 0. The molecule has 0 aliphatic rings. The summed E-state index contributed by atoms with van der Waals surface area (Å²) < 4.78 is 0. The predicted molar refractivity (Wildman–Crippen MR) is 105 cm³/mol. The zero-order valence-electron chi connectivity index (χ0n) is 15.4. The molecule has 0 unspecified atom stereocenters. The highest BCUT2D eigenvalue weighted by atomic mass is 16.2. The topological polar surface area (TPSA) is 84.0 Å². The van der Waals surface area contributed by atoms with Crippen LogP contribution in [0.3, 0.4) is 0 Å². The molecule has 0 aliphatic heterocycles. The lowest BCUT2D eigenvalue weighted by Crippen LogP contribution is -2.36. The van der Waals surface area contributed by atoms with Crippen molar-refractivity contribution in [3.8, 4) is 11.3 Å². The molecule has 0 spiro atoms. The van der Waals surface area contributed by atoms with E-state index in [-0.39, 0.29) is 17.7 Å². The third kappa shape index (κ3) is 4.47. The van der Waals surface area contributed by atoms with Crippen LogP contribution < -0.4 is 10.6 Å². The summed E-state index contributed by atoms with van der Waals surface area (Å²) in [6.07, 6.45) is 3.42. The van der Waals surface area contributed by atoms with Crippen molar-refractivity contribution in [3.05, 3.63) is 60.4 Å². The second-order valence-corrected chi connectivity index (χ2v) is 6.52. The molecular weight excluding hydrogens is 340 g/mol. The van der Waals surface area contributed by atoms with Crippen LogP contribution in [-0.4, -0.2) is 34.9 Å². The zero-order chi connectivity index (χ0) is 19.2. The largest absolute Gasteiger partial charge is 0.354 e. The molecule has 2 aromatic heterocycles. The van der Waals surface area contributed by atoms with Crippen molar-refractivity contribution in [2.45, 2.75) is 13.8 Å². The van der Waals surface area contributed by atoms with Crippen LogP contribution in [0, 0.1) is 5.92 Å². The maximum atomic E-state index is 12.8. The molecule has 0 aliphatic carbocycles. The number of fused-ring (bicyclic) bond motifs is 1. The van der Waals surface area contributed by atoms with Gasteiger partial charge in [0.05, 0.1) is 16.8 Å². The number of hydrogen-bond acceptors (Lipinski definition) is 4. The summed E-state index contributed by atoms with van der Waals surface area (Å²) in [5, 5.41) is 6.44. The van der Waals surface area contributed by atoms with E-state index in [1.807, 2.05) is 50.2 Å². The molecule has 0 radical (unpaired) electrons. The van der Waals surface area contributed by atoms with Crippen LogP contribution in [0.15, 0.2) is 54.9 Å². The first-order valence-corrected chi connectivity index (χ1v) is 8.92. The fourth-order valence-corrected chi connectivity index (χ4v) is 2.69. The van der Waals surface area contributed by atoms with Crippen molar-refractivity contribution < 1.29 is 9.59 Å². The molecule has 2 N–H and O–H groups in total. The van der Waals surface area contributed by atoms with Crippen LogP contribution in [0.25, 0.3) is 22.2 Å². The first-order chi connectivity index (χ1) is 13.1. The molecule has 0 bridgehead atoms. The van der Waals surface area contributed by atoms with Crippen LogP contribution in [0.1, 0.15) is 24.2 Å². The van der Waals surface area contributed by atoms with Crippen molar-refractivity contribution in [1.29, 1.82) is 0 Å². The number of pyridine rings is 2. The Morgan fingerprint density at radius 3 is 2.56 bits per heavy atom. The van der Waals surface area contributed by atoms with E-state index in [4.69, 9.17) is 0 Å². The number of amides is 2. The molecule has 138 valence electrons. The van der Waals surface area contributed by atoms with E-state index in [0.29, 0.717) is 24.3 Å². The Labute approximate surface area is 158 Å². The Hall–Kier alpha value is -3.28. The summed E-state index contributed by atoms with van der Waals surface area (Å²) in [5.41, 5.74) is 2.84. The average Bonchev–Trinajstić information content (AvgIpc) is 2.70. The molecular formula is C21H22N4O2. The Balaban J connectivity index is 1.82. The SMILES string of the molecule is CC(C)C(=O)NCCNC(=O)c1cc(-c2cccnc2)nc2ccccc12. The standard InChI is InChI=1S/C21H22N4O2/c1-14(2)20(26)23-10-11-24-21(27)17-12-19(15-6-5-9-22-13-15)25-18-8-4-3-7-16(17)18/h3-9,12-14H,10-11H2,1-2H3,(H,23,26)(H,24,27). The van der Waals surface area contributed by atoms with Crippen molar-refractivity contribution in [1.82, 2.24) is 20.6 Å². The Morgan fingerprint density at radius 1 is 1.04 bits per heavy atom. The fraction of sp³-hybridized carbons (Fsp3) is 0.238. The Bertz CT molecular complexity index is 955. The van der Waals surface area contributed by atoms with Gasteiger partial charge >= 0.3 is 0 Å². The van der Waals surface area contributed by atoms with Crippen LogP contribution in [0.4, 0.5) is 0 Å². The van der Waals surface area contributed by atoms with Gasteiger partial charge in [0, 0.05) is 42.4 Å². The lowest BCUT2D eigenvalue weighted by Gasteiger charge is -2.11. The molecule has 6 heteroatoms. The van der Waals surface area contributed by atoms with E-state index in [2.05, 4.69) is 20.6 Å². The highest BCUT2D eigenvalue weighted by Crippen LogP contribution is 2.24. The monoisotopic (exact) mass is 362 g/mol. The molecule has 2 heterocycles. The first kappa shape index (κ1) is 18.5. The van der Waals surface area contributed by atoms with Crippen molar-refractivity contribution >= 4 is 22.7 Å². The summed E-state index contributed by atoms with van der Waals surface area (Å²) in [6, 6.07) is 13.1. The third-order valence-electron chi connectivity index (χ3n) is 4.15. The highest BCUT2D eigenvalue weighted by molar-refractivity contribution is 6.07. The van der Waals surface area contributed by atoms with Gasteiger partial charge in [-0.05, 0) is 24.3 Å².